The summed E-state index contributed by atoms with van der Waals surface area (Å²) in [4.78, 5) is 13.7. The van der Waals surface area contributed by atoms with Gasteiger partial charge in [-0.05, 0) is 33.8 Å². The van der Waals surface area contributed by atoms with Crippen molar-refractivity contribution in [3.8, 4) is 0 Å². The van der Waals surface area contributed by atoms with Gasteiger partial charge in [0, 0.05) is 30.8 Å². The van der Waals surface area contributed by atoms with Crippen molar-refractivity contribution in [2.75, 3.05) is 6.54 Å². The van der Waals surface area contributed by atoms with E-state index in [2.05, 4.69) is 30.6 Å². The Labute approximate surface area is 108 Å². The van der Waals surface area contributed by atoms with Crippen molar-refractivity contribution >= 4 is 5.91 Å². The Hall–Kier alpha value is -1.58. The molecule has 1 aliphatic rings. The summed E-state index contributed by atoms with van der Waals surface area (Å²) in [5.74, 6) is 0.0895. The molecule has 0 saturated carbocycles. The number of fused-ring (bicyclic) bond motifs is 1. The standard InChI is InChI=1S/C14H21N3O/c1-5-6-13(18)16-8-7-12-11(10-16)9-15-17(12)14(2,3)4/h5-6,9H,7-8,10H2,1-4H3/b6-5+. The summed E-state index contributed by atoms with van der Waals surface area (Å²) in [7, 11) is 0. The van der Waals surface area contributed by atoms with E-state index in [0.29, 0.717) is 6.54 Å². The second-order valence-corrected chi connectivity index (χ2v) is 5.71. The molecule has 0 spiro atoms. The maximum atomic E-state index is 11.8. The third kappa shape index (κ3) is 2.33. The van der Waals surface area contributed by atoms with Crippen molar-refractivity contribution in [3.05, 3.63) is 29.6 Å². The number of nitrogens with zero attached hydrogens (tertiary/aromatic N) is 3. The van der Waals surface area contributed by atoms with Crippen LogP contribution >= 0.6 is 0 Å². The Morgan fingerprint density at radius 2 is 2.17 bits per heavy atom. The normalized spacial score (nSPS) is 16.1. The lowest BCUT2D eigenvalue weighted by Crippen LogP contribution is -2.36. The fraction of sp³-hybridized carbons (Fsp3) is 0.571. The second-order valence-electron chi connectivity index (χ2n) is 5.71. The molecule has 98 valence electrons. The van der Waals surface area contributed by atoms with Gasteiger partial charge in [-0.1, -0.05) is 6.08 Å². The molecule has 0 fully saturated rings. The number of carbonyl (C=O) groups excluding carboxylic acids is 1. The summed E-state index contributed by atoms with van der Waals surface area (Å²) in [5, 5.41) is 4.47. The van der Waals surface area contributed by atoms with Crippen molar-refractivity contribution in [3.63, 3.8) is 0 Å². The van der Waals surface area contributed by atoms with Crippen LogP contribution in [0.5, 0.6) is 0 Å². The van der Waals surface area contributed by atoms with Crippen LogP contribution in [0.4, 0.5) is 0 Å². The van der Waals surface area contributed by atoms with Gasteiger partial charge in [0.15, 0.2) is 0 Å². The molecule has 4 heteroatoms. The lowest BCUT2D eigenvalue weighted by atomic mass is 10.0. The fourth-order valence-corrected chi connectivity index (χ4v) is 2.35. The number of rotatable bonds is 1. The minimum Gasteiger partial charge on any atom is -0.334 e. The summed E-state index contributed by atoms with van der Waals surface area (Å²) in [5.41, 5.74) is 2.45. The van der Waals surface area contributed by atoms with Crippen LogP contribution in [0.25, 0.3) is 0 Å². The number of aromatic nitrogens is 2. The molecule has 1 aromatic rings. The Morgan fingerprint density at radius 3 is 2.78 bits per heavy atom. The smallest absolute Gasteiger partial charge is 0.246 e. The Balaban J connectivity index is 2.22. The molecule has 1 aromatic heterocycles. The number of hydrogen-bond acceptors (Lipinski definition) is 2. The first-order valence-electron chi connectivity index (χ1n) is 6.41. The number of carbonyl (C=O) groups is 1. The molecule has 0 saturated heterocycles. The molecule has 0 aliphatic carbocycles. The first-order chi connectivity index (χ1) is 8.43. The SMILES string of the molecule is C/C=C/C(=O)N1CCc2c(cnn2C(C)(C)C)C1. The molecule has 2 heterocycles. The van der Waals surface area contributed by atoms with Crippen molar-refractivity contribution in [2.24, 2.45) is 0 Å². The van der Waals surface area contributed by atoms with Crippen LogP contribution in [0.15, 0.2) is 18.3 Å². The zero-order chi connectivity index (χ0) is 13.3. The van der Waals surface area contributed by atoms with E-state index in [0.717, 1.165) is 13.0 Å². The molecular weight excluding hydrogens is 226 g/mol. The molecule has 0 N–H and O–H groups in total. The molecule has 0 unspecified atom stereocenters. The largest absolute Gasteiger partial charge is 0.334 e. The summed E-state index contributed by atoms with van der Waals surface area (Å²) in [6.45, 7) is 9.77. The lowest BCUT2D eigenvalue weighted by Gasteiger charge is -2.29. The zero-order valence-corrected chi connectivity index (χ0v) is 11.6. The van der Waals surface area contributed by atoms with Gasteiger partial charge in [-0.15, -0.1) is 0 Å². The molecule has 18 heavy (non-hydrogen) atoms. The molecule has 4 nitrogen and oxygen atoms in total. The van der Waals surface area contributed by atoms with Gasteiger partial charge >= 0.3 is 0 Å². The first kappa shape index (κ1) is 12.9. The van der Waals surface area contributed by atoms with Crippen LogP contribution in [-0.4, -0.2) is 27.1 Å². The Bertz CT molecular complexity index is 480. The van der Waals surface area contributed by atoms with Crippen molar-refractivity contribution in [1.29, 1.82) is 0 Å². The predicted octanol–water partition coefficient (Wildman–Crippen LogP) is 2.10. The molecule has 1 amide bonds. The van der Waals surface area contributed by atoms with Crippen LogP contribution in [-0.2, 0) is 23.3 Å². The molecule has 1 aliphatic heterocycles. The summed E-state index contributed by atoms with van der Waals surface area (Å²) >= 11 is 0. The minimum absolute atomic E-state index is 0.00306. The van der Waals surface area contributed by atoms with Gasteiger partial charge in [0.1, 0.15) is 0 Å². The molecule has 0 radical (unpaired) electrons. The predicted molar refractivity (Wildman–Crippen MR) is 71.2 cm³/mol. The lowest BCUT2D eigenvalue weighted by molar-refractivity contribution is -0.126. The molecular formula is C14H21N3O. The van der Waals surface area contributed by atoms with Crippen LogP contribution in [0.2, 0.25) is 0 Å². The monoisotopic (exact) mass is 247 g/mol. The van der Waals surface area contributed by atoms with E-state index in [4.69, 9.17) is 0 Å². The van der Waals surface area contributed by atoms with Crippen molar-refractivity contribution in [2.45, 2.75) is 46.2 Å². The van der Waals surface area contributed by atoms with Gasteiger partial charge in [-0.3, -0.25) is 9.48 Å². The Morgan fingerprint density at radius 1 is 1.44 bits per heavy atom. The molecule has 2 rings (SSSR count). The maximum Gasteiger partial charge on any atom is 0.246 e. The Kier molecular flexibility index (Phi) is 3.28. The highest BCUT2D eigenvalue weighted by atomic mass is 16.2. The zero-order valence-electron chi connectivity index (χ0n) is 11.6. The summed E-state index contributed by atoms with van der Waals surface area (Å²) in [6, 6.07) is 0. The van der Waals surface area contributed by atoms with Crippen LogP contribution in [0.3, 0.4) is 0 Å². The molecule has 0 aromatic carbocycles. The molecule has 0 bridgehead atoms. The summed E-state index contributed by atoms with van der Waals surface area (Å²) in [6.07, 6.45) is 6.20. The van der Waals surface area contributed by atoms with E-state index in [9.17, 15) is 4.79 Å². The van der Waals surface area contributed by atoms with E-state index in [1.54, 1.807) is 12.2 Å². The quantitative estimate of drug-likeness (QED) is 0.713. The fourth-order valence-electron chi connectivity index (χ4n) is 2.35. The average Bonchev–Trinajstić information content (AvgIpc) is 2.71. The van der Waals surface area contributed by atoms with Gasteiger partial charge in [0.2, 0.25) is 5.91 Å². The van der Waals surface area contributed by atoms with Crippen molar-refractivity contribution < 1.29 is 4.79 Å². The van der Waals surface area contributed by atoms with Crippen LogP contribution < -0.4 is 0 Å². The first-order valence-corrected chi connectivity index (χ1v) is 6.41. The third-order valence-corrected chi connectivity index (χ3v) is 3.19. The highest BCUT2D eigenvalue weighted by molar-refractivity contribution is 5.87. The minimum atomic E-state index is 0.00306. The highest BCUT2D eigenvalue weighted by Gasteiger charge is 2.26. The molecule has 0 atom stereocenters. The van der Waals surface area contributed by atoms with E-state index in [1.807, 2.05) is 18.0 Å². The number of hydrogen-bond donors (Lipinski definition) is 0. The number of amides is 1. The van der Waals surface area contributed by atoms with Gasteiger partial charge in [-0.2, -0.15) is 5.10 Å². The van der Waals surface area contributed by atoms with Crippen molar-refractivity contribution in [1.82, 2.24) is 14.7 Å². The van der Waals surface area contributed by atoms with Crippen LogP contribution in [0.1, 0.15) is 39.0 Å². The van der Waals surface area contributed by atoms with Gasteiger partial charge < -0.3 is 4.90 Å². The highest BCUT2D eigenvalue weighted by Crippen LogP contribution is 2.24. The third-order valence-electron chi connectivity index (χ3n) is 3.19. The maximum absolute atomic E-state index is 11.8. The van der Waals surface area contributed by atoms with E-state index in [1.165, 1.54) is 11.3 Å². The van der Waals surface area contributed by atoms with Gasteiger partial charge in [0.25, 0.3) is 0 Å². The second kappa shape index (κ2) is 4.59. The topological polar surface area (TPSA) is 38.1 Å². The van der Waals surface area contributed by atoms with Gasteiger partial charge in [0.05, 0.1) is 11.7 Å². The van der Waals surface area contributed by atoms with E-state index in [-0.39, 0.29) is 11.4 Å². The van der Waals surface area contributed by atoms with E-state index >= 15 is 0 Å². The van der Waals surface area contributed by atoms with E-state index < -0.39 is 0 Å². The van der Waals surface area contributed by atoms with Crippen LogP contribution in [0, 0.1) is 0 Å². The average molecular weight is 247 g/mol. The summed E-state index contributed by atoms with van der Waals surface area (Å²) < 4.78 is 2.08. The number of allylic oxidation sites excluding steroid dienone is 1. The van der Waals surface area contributed by atoms with Gasteiger partial charge in [-0.25, -0.2) is 0 Å².